The number of rotatable bonds is 7. The molecule has 1 aromatic rings. The third-order valence-electron chi connectivity index (χ3n) is 4.78. The summed E-state index contributed by atoms with van der Waals surface area (Å²) in [5, 5.41) is 7.67. The summed E-state index contributed by atoms with van der Waals surface area (Å²) in [5.41, 5.74) is 1.22. The first-order chi connectivity index (χ1) is 10.7. The molecule has 2 aliphatic carbocycles. The predicted molar refractivity (Wildman–Crippen MR) is 89.6 cm³/mol. The lowest BCUT2D eigenvalue weighted by molar-refractivity contribution is 0.409. The fraction of sp³-hybridized carbons (Fsp3) is 0.765. The molecule has 0 spiro atoms. The topological polar surface area (TPSA) is 45.5 Å². The van der Waals surface area contributed by atoms with Crippen molar-refractivity contribution >= 4 is 5.96 Å². The Balaban J connectivity index is 1.60. The summed E-state index contributed by atoms with van der Waals surface area (Å²) in [5.74, 6) is 3.78. The Morgan fingerprint density at radius 3 is 2.59 bits per heavy atom. The van der Waals surface area contributed by atoms with Gasteiger partial charge in [-0.15, -0.1) is 0 Å². The van der Waals surface area contributed by atoms with Crippen LogP contribution in [0.5, 0.6) is 0 Å². The molecule has 1 heterocycles. The molecular weight excluding hydrogens is 274 g/mol. The van der Waals surface area contributed by atoms with Gasteiger partial charge >= 0.3 is 0 Å². The second-order valence-electron chi connectivity index (χ2n) is 6.91. The van der Waals surface area contributed by atoms with E-state index < -0.39 is 0 Å². The van der Waals surface area contributed by atoms with E-state index in [0.717, 1.165) is 43.3 Å². The lowest BCUT2D eigenvalue weighted by atomic mass is 9.98. The number of nitrogens with zero attached hydrogens (tertiary/aromatic N) is 4. The highest BCUT2D eigenvalue weighted by Gasteiger charge is 2.41. The molecule has 5 heteroatoms. The maximum atomic E-state index is 4.94. The summed E-state index contributed by atoms with van der Waals surface area (Å²) in [6.45, 7) is 4.88. The van der Waals surface area contributed by atoms with Gasteiger partial charge in [0.1, 0.15) is 0 Å². The van der Waals surface area contributed by atoms with Crippen LogP contribution in [0, 0.1) is 17.8 Å². The van der Waals surface area contributed by atoms with Crippen LogP contribution in [0.1, 0.15) is 38.2 Å². The van der Waals surface area contributed by atoms with Crippen molar-refractivity contribution in [3.05, 3.63) is 18.0 Å². The van der Waals surface area contributed by atoms with Crippen LogP contribution in [-0.4, -0.2) is 40.8 Å². The number of aromatic nitrogens is 2. The highest BCUT2D eigenvalue weighted by Crippen LogP contribution is 2.49. The van der Waals surface area contributed by atoms with Crippen molar-refractivity contribution in [2.45, 2.75) is 39.2 Å². The van der Waals surface area contributed by atoms with Crippen molar-refractivity contribution in [3.8, 4) is 0 Å². The van der Waals surface area contributed by atoms with Crippen molar-refractivity contribution < 1.29 is 0 Å². The molecular formula is C17H29N5. The molecule has 22 heavy (non-hydrogen) atoms. The second-order valence-corrected chi connectivity index (χ2v) is 6.91. The summed E-state index contributed by atoms with van der Waals surface area (Å²) in [4.78, 5) is 7.15. The van der Waals surface area contributed by atoms with Gasteiger partial charge in [-0.05, 0) is 50.4 Å². The van der Waals surface area contributed by atoms with E-state index in [-0.39, 0.29) is 0 Å². The molecule has 5 nitrogen and oxygen atoms in total. The zero-order valence-electron chi connectivity index (χ0n) is 14.1. The summed E-state index contributed by atoms with van der Waals surface area (Å²) in [6, 6.07) is 0. The highest BCUT2D eigenvalue weighted by atomic mass is 15.3. The molecule has 0 unspecified atom stereocenters. The van der Waals surface area contributed by atoms with E-state index in [4.69, 9.17) is 4.99 Å². The molecule has 122 valence electrons. The van der Waals surface area contributed by atoms with Crippen LogP contribution >= 0.6 is 0 Å². The minimum atomic E-state index is 0.834. The maximum absolute atomic E-state index is 4.94. The predicted octanol–water partition coefficient (Wildman–Crippen LogP) is 2.25. The van der Waals surface area contributed by atoms with Crippen LogP contribution in [0.25, 0.3) is 0 Å². The average molecular weight is 303 g/mol. The standard InChI is InChI=1S/C17H29N5/c1-4-18-17(21(2)11-13-9-20-22(3)12-13)19-10-16(14-5-6-14)15-7-8-15/h9,12,14-16H,4-8,10-11H2,1-3H3,(H,18,19). The van der Waals surface area contributed by atoms with Gasteiger partial charge < -0.3 is 10.2 Å². The second kappa shape index (κ2) is 6.71. The van der Waals surface area contributed by atoms with E-state index in [1.165, 1.54) is 31.2 Å². The summed E-state index contributed by atoms with van der Waals surface area (Å²) < 4.78 is 1.85. The molecule has 0 aliphatic heterocycles. The van der Waals surface area contributed by atoms with Gasteiger partial charge in [-0.3, -0.25) is 9.67 Å². The smallest absolute Gasteiger partial charge is 0.193 e. The van der Waals surface area contributed by atoms with Crippen LogP contribution < -0.4 is 5.32 Å². The van der Waals surface area contributed by atoms with Crippen LogP contribution in [-0.2, 0) is 13.6 Å². The van der Waals surface area contributed by atoms with Crippen molar-refractivity contribution in [1.82, 2.24) is 20.0 Å². The van der Waals surface area contributed by atoms with E-state index >= 15 is 0 Å². The van der Waals surface area contributed by atoms with E-state index in [1.807, 2.05) is 17.9 Å². The van der Waals surface area contributed by atoms with Gasteiger partial charge in [0.05, 0.1) is 6.20 Å². The van der Waals surface area contributed by atoms with Crippen molar-refractivity contribution in [3.63, 3.8) is 0 Å². The molecule has 2 saturated carbocycles. The van der Waals surface area contributed by atoms with Gasteiger partial charge in [0.2, 0.25) is 0 Å². The summed E-state index contributed by atoms with van der Waals surface area (Å²) in [6.07, 6.45) is 9.71. The Labute approximate surface area is 133 Å². The van der Waals surface area contributed by atoms with Gasteiger partial charge in [-0.25, -0.2) is 0 Å². The van der Waals surface area contributed by atoms with Gasteiger partial charge in [0.25, 0.3) is 0 Å². The largest absolute Gasteiger partial charge is 0.357 e. The van der Waals surface area contributed by atoms with E-state index in [2.05, 4.69) is 35.5 Å². The molecule has 1 N–H and O–H groups in total. The minimum absolute atomic E-state index is 0.834. The average Bonchev–Trinajstić information content (AvgIpc) is 3.39. The number of guanidine groups is 1. The Morgan fingerprint density at radius 2 is 2.09 bits per heavy atom. The zero-order chi connectivity index (χ0) is 15.5. The molecule has 0 bridgehead atoms. The molecule has 0 aromatic carbocycles. The number of nitrogens with one attached hydrogen (secondary N) is 1. The van der Waals surface area contributed by atoms with Crippen LogP contribution in [0.15, 0.2) is 17.4 Å². The summed E-state index contributed by atoms with van der Waals surface area (Å²) in [7, 11) is 4.07. The fourth-order valence-electron chi connectivity index (χ4n) is 3.30. The molecule has 3 rings (SSSR count). The molecule has 0 amide bonds. The third-order valence-corrected chi connectivity index (χ3v) is 4.78. The number of hydrogen-bond donors (Lipinski definition) is 1. The molecule has 2 aliphatic rings. The fourth-order valence-corrected chi connectivity index (χ4v) is 3.30. The van der Waals surface area contributed by atoms with E-state index in [0.29, 0.717) is 0 Å². The van der Waals surface area contributed by atoms with Gasteiger partial charge in [0, 0.05) is 45.5 Å². The Morgan fingerprint density at radius 1 is 1.41 bits per heavy atom. The lowest BCUT2D eigenvalue weighted by Gasteiger charge is -2.22. The monoisotopic (exact) mass is 303 g/mol. The molecule has 0 saturated heterocycles. The van der Waals surface area contributed by atoms with E-state index in [1.54, 1.807) is 0 Å². The SMILES string of the molecule is CCNC(=NCC(C1CC1)C1CC1)N(C)Cc1cnn(C)c1. The van der Waals surface area contributed by atoms with Gasteiger partial charge in [0.15, 0.2) is 5.96 Å². The first-order valence-electron chi connectivity index (χ1n) is 8.64. The molecule has 0 radical (unpaired) electrons. The minimum Gasteiger partial charge on any atom is -0.357 e. The Hall–Kier alpha value is -1.52. The van der Waals surface area contributed by atoms with Crippen molar-refractivity contribution in [2.24, 2.45) is 29.8 Å². The van der Waals surface area contributed by atoms with E-state index in [9.17, 15) is 0 Å². The van der Waals surface area contributed by atoms with Gasteiger partial charge in [-0.2, -0.15) is 5.10 Å². The lowest BCUT2D eigenvalue weighted by Crippen LogP contribution is -2.39. The number of aryl methyl sites for hydroxylation is 1. The third kappa shape index (κ3) is 4.02. The Kier molecular flexibility index (Phi) is 4.69. The quantitative estimate of drug-likeness (QED) is 0.621. The highest BCUT2D eigenvalue weighted by molar-refractivity contribution is 5.79. The Bertz CT molecular complexity index is 501. The van der Waals surface area contributed by atoms with Gasteiger partial charge in [-0.1, -0.05) is 0 Å². The zero-order valence-corrected chi connectivity index (χ0v) is 14.1. The number of aliphatic imine (C=N–C) groups is 1. The molecule has 0 atom stereocenters. The summed E-state index contributed by atoms with van der Waals surface area (Å²) >= 11 is 0. The normalized spacial score (nSPS) is 18.8. The van der Waals surface area contributed by atoms with Crippen LogP contribution in [0.4, 0.5) is 0 Å². The van der Waals surface area contributed by atoms with Crippen molar-refractivity contribution in [1.29, 1.82) is 0 Å². The molecule has 2 fully saturated rings. The van der Waals surface area contributed by atoms with Crippen LogP contribution in [0.3, 0.4) is 0 Å². The first-order valence-corrected chi connectivity index (χ1v) is 8.64. The first kappa shape index (κ1) is 15.4. The maximum Gasteiger partial charge on any atom is 0.193 e. The molecule has 1 aromatic heterocycles. The van der Waals surface area contributed by atoms with Crippen LogP contribution in [0.2, 0.25) is 0 Å². The number of hydrogen-bond acceptors (Lipinski definition) is 2. The van der Waals surface area contributed by atoms with Crippen molar-refractivity contribution in [2.75, 3.05) is 20.1 Å².